The highest BCUT2D eigenvalue weighted by Gasteiger charge is 2.13. The number of carbonyl (C=O) groups is 1. The number of nitrogens with zero attached hydrogens (tertiary/aromatic N) is 2. The third kappa shape index (κ3) is 2.52. The van der Waals surface area contributed by atoms with Gasteiger partial charge in [0.05, 0.1) is 12.1 Å². The molecule has 0 aliphatic rings. The molecule has 0 radical (unpaired) electrons. The van der Waals surface area contributed by atoms with Gasteiger partial charge in [-0.2, -0.15) is 0 Å². The Morgan fingerprint density at radius 1 is 1.16 bits per heavy atom. The Bertz CT molecular complexity index is 746. The highest BCUT2D eigenvalue weighted by molar-refractivity contribution is 5.96. The lowest BCUT2D eigenvalue weighted by atomic mass is 10.1. The molecule has 0 aliphatic heterocycles. The molecule has 5 nitrogen and oxygen atoms in total. The van der Waals surface area contributed by atoms with Gasteiger partial charge in [-0.15, -0.1) is 0 Å². The third-order valence-corrected chi connectivity index (χ3v) is 2.72. The molecule has 1 aromatic heterocycles. The lowest BCUT2D eigenvalue weighted by molar-refractivity contribution is 0.0966. The third-order valence-electron chi connectivity index (χ3n) is 2.72. The van der Waals surface area contributed by atoms with Gasteiger partial charge < -0.3 is 9.13 Å². The molecule has 0 bridgehead atoms. The van der Waals surface area contributed by atoms with Crippen LogP contribution in [0, 0.1) is 5.82 Å². The molecule has 0 saturated heterocycles. The van der Waals surface area contributed by atoms with Gasteiger partial charge in [0.15, 0.2) is 5.78 Å². The topological polar surface area (TPSA) is 61.1 Å². The fourth-order valence-electron chi connectivity index (χ4n) is 1.64. The normalized spacial score (nSPS) is 10.4. The number of halogens is 1. The number of ketones is 1. The summed E-state index contributed by atoms with van der Waals surface area (Å²) in [5.74, 6) is -1.21. The number of benzene rings is 1. The van der Waals surface area contributed by atoms with E-state index in [0.29, 0.717) is 0 Å². The summed E-state index contributed by atoms with van der Waals surface area (Å²) in [5, 5.41) is 0. The molecule has 0 aliphatic carbocycles. The molecule has 0 N–H and O–H groups in total. The lowest BCUT2D eigenvalue weighted by Gasteiger charge is -2.06. The summed E-state index contributed by atoms with van der Waals surface area (Å²) in [5.41, 5.74) is -1.64. The molecule has 0 saturated carbocycles. The van der Waals surface area contributed by atoms with E-state index in [0.717, 1.165) is 9.13 Å². The molecule has 0 unspecified atom stereocenters. The van der Waals surface area contributed by atoms with E-state index < -0.39 is 22.7 Å². The van der Waals surface area contributed by atoms with Crippen molar-refractivity contribution in [1.82, 2.24) is 9.13 Å². The number of aryl methyl sites for hydroxylation is 1. The van der Waals surface area contributed by atoms with Crippen LogP contribution in [0.4, 0.5) is 4.39 Å². The van der Waals surface area contributed by atoms with Crippen molar-refractivity contribution in [2.24, 2.45) is 7.05 Å². The number of hydrogen-bond donors (Lipinski definition) is 0. The van der Waals surface area contributed by atoms with Crippen molar-refractivity contribution in [2.75, 3.05) is 0 Å². The van der Waals surface area contributed by atoms with E-state index in [1.807, 2.05) is 0 Å². The van der Waals surface area contributed by atoms with Gasteiger partial charge in [-0.1, -0.05) is 12.1 Å². The molecule has 0 amide bonds. The summed E-state index contributed by atoms with van der Waals surface area (Å²) in [6.45, 7) is -0.365. The molecule has 6 heteroatoms. The molecule has 2 aromatic rings. The SMILES string of the molecule is Cn1ccn(CC(=O)c2ccccc2F)c(=O)c1=O. The molecular formula is C13H11FN2O3. The van der Waals surface area contributed by atoms with Crippen molar-refractivity contribution >= 4 is 5.78 Å². The Labute approximate surface area is 107 Å². The summed E-state index contributed by atoms with van der Waals surface area (Å²) in [6, 6.07) is 5.50. The van der Waals surface area contributed by atoms with E-state index in [4.69, 9.17) is 0 Å². The standard InChI is InChI=1S/C13H11FN2O3/c1-15-6-7-16(13(19)12(15)18)8-11(17)9-4-2-3-5-10(9)14/h2-7H,8H2,1H3. The first kappa shape index (κ1) is 12.9. The smallest absolute Gasteiger partial charge is 0.312 e. The van der Waals surface area contributed by atoms with E-state index in [2.05, 4.69) is 0 Å². The second kappa shape index (κ2) is 5.01. The van der Waals surface area contributed by atoms with E-state index in [-0.39, 0.29) is 12.1 Å². The predicted molar refractivity (Wildman–Crippen MR) is 66.7 cm³/mol. The van der Waals surface area contributed by atoms with Gasteiger partial charge in [-0.05, 0) is 12.1 Å². The molecule has 19 heavy (non-hydrogen) atoms. The first-order valence-corrected chi connectivity index (χ1v) is 5.54. The van der Waals surface area contributed by atoms with Crippen LogP contribution in [0.15, 0.2) is 46.2 Å². The molecule has 0 fully saturated rings. The highest BCUT2D eigenvalue weighted by atomic mass is 19.1. The van der Waals surface area contributed by atoms with Crippen molar-refractivity contribution in [1.29, 1.82) is 0 Å². The lowest BCUT2D eigenvalue weighted by Crippen LogP contribution is -2.40. The predicted octanol–water partition coefficient (Wildman–Crippen LogP) is 0.569. The zero-order chi connectivity index (χ0) is 14.0. The van der Waals surface area contributed by atoms with E-state index in [9.17, 15) is 18.8 Å². The fraction of sp³-hybridized carbons (Fsp3) is 0.154. The second-order valence-electron chi connectivity index (χ2n) is 4.05. The Hall–Kier alpha value is -2.50. The first-order valence-electron chi connectivity index (χ1n) is 5.54. The maximum atomic E-state index is 13.4. The van der Waals surface area contributed by atoms with Crippen LogP contribution in [-0.2, 0) is 13.6 Å². The molecule has 1 aromatic carbocycles. The molecular weight excluding hydrogens is 251 g/mol. The first-order chi connectivity index (χ1) is 9.00. The van der Waals surface area contributed by atoms with Crippen molar-refractivity contribution in [3.63, 3.8) is 0 Å². The zero-order valence-corrected chi connectivity index (χ0v) is 10.2. The molecule has 2 rings (SSSR count). The molecule has 0 spiro atoms. The Kier molecular flexibility index (Phi) is 3.41. The quantitative estimate of drug-likeness (QED) is 0.600. The largest absolute Gasteiger partial charge is 0.316 e. The zero-order valence-electron chi connectivity index (χ0n) is 10.2. The van der Waals surface area contributed by atoms with Gasteiger partial charge in [-0.25, -0.2) is 4.39 Å². The van der Waals surface area contributed by atoms with E-state index in [1.54, 1.807) is 0 Å². The van der Waals surface area contributed by atoms with Crippen LogP contribution in [0.3, 0.4) is 0 Å². The molecule has 0 atom stereocenters. The van der Waals surface area contributed by atoms with Gasteiger partial charge in [0.2, 0.25) is 0 Å². The van der Waals surface area contributed by atoms with Gasteiger partial charge in [0.1, 0.15) is 5.82 Å². The minimum atomic E-state index is -0.810. The maximum Gasteiger partial charge on any atom is 0.316 e. The average molecular weight is 262 g/mol. The number of Topliss-reactive ketones (excluding diaryl/α,β-unsaturated/α-hetero) is 1. The number of carbonyl (C=O) groups excluding carboxylic acids is 1. The number of aromatic nitrogens is 2. The summed E-state index contributed by atoms with van der Waals surface area (Å²) >= 11 is 0. The maximum absolute atomic E-state index is 13.4. The summed E-state index contributed by atoms with van der Waals surface area (Å²) in [4.78, 5) is 34.9. The molecule has 1 heterocycles. The monoisotopic (exact) mass is 262 g/mol. The Balaban J connectivity index is 2.36. The van der Waals surface area contributed by atoms with Crippen molar-refractivity contribution < 1.29 is 9.18 Å². The van der Waals surface area contributed by atoms with Crippen molar-refractivity contribution in [2.45, 2.75) is 6.54 Å². The van der Waals surface area contributed by atoms with Crippen LogP contribution in [0.5, 0.6) is 0 Å². The average Bonchev–Trinajstić information content (AvgIpc) is 2.40. The van der Waals surface area contributed by atoms with Gasteiger partial charge in [0.25, 0.3) is 0 Å². The van der Waals surface area contributed by atoms with Crippen LogP contribution >= 0.6 is 0 Å². The summed E-state index contributed by atoms with van der Waals surface area (Å²) < 4.78 is 15.5. The van der Waals surface area contributed by atoms with Gasteiger partial charge >= 0.3 is 11.1 Å². The van der Waals surface area contributed by atoms with Crippen LogP contribution in [0.25, 0.3) is 0 Å². The number of hydrogen-bond acceptors (Lipinski definition) is 3. The van der Waals surface area contributed by atoms with Crippen molar-refractivity contribution in [3.8, 4) is 0 Å². The molecule has 98 valence electrons. The minimum Gasteiger partial charge on any atom is -0.312 e. The van der Waals surface area contributed by atoms with Gasteiger partial charge in [0, 0.05) is 19.4 Å². The minimum absolute atomic E-state index is 0.102. The number of rotatable bonds is 3. The van der Waals surface area contributed by atoms with Crippen LogP contribution in [0.1, 0.15) is 10.4 Å². The van der Waals surface area contributed by atoms with E-state index in [1.165, 1.54) is 43.7 Å². The van der Waals surface area contributed by atoms with Crippen LogP contribution in [0.2, 0.25) is 0 Å². The summed E-state index contributed by atoms with van der Waals surface area (Å²) in [7, 11) is 1.44. The van der Waals surface area contributed by atoms with Crippen LogP contribution in [-0.4, -0.2) is 14.9 Å². The Morgan fingerprint density at radius 3 is 2.53 bits per heavy atom. The second-order valence-corrected chi connectivity index (χ2v) is 4.05. The van der Waals surface area contributed by atoms with E-state index >= 15 is 0 Å². The van der Waals surface area contributed by atoms with Crippen molar-refractivity contribution in [3.05, 3.63) is 68.7 Å². The highest BCUT2D eigenvalue weighted by Crippen LogP contribution is 2.07. The fourth-order valence-corrected chi connectivity index (χ4v) is 1.64. The van der Waals surface area contributed by atoms with Gasteiger partial charge in [-0.3, -0.25) is 14.4 Å². The summed E-state index contributed by atoms with van der Waals surface area (Å²) in [6.07, 6.45) is 2.70. The Morgan fingerprint density at radius 2 is 1.84 bits per heavy atom. The van der Waals surface area contributed by atoms with Crippen LogP contribution < -0.4 is 11.1 Å².